The van der Waals surface area contributed by atoms with Crippen molar-refractivity contribution in [2.75, 3.05) is 20.7 Å². The lowest BCUT2D eigenvalue weighted by Crippen LogP contribution is -2.27. The van der Waals surface area contributed by atoms with Gasteiger partial charge in [-0.05, 0) is 25.1 Å². The molecular formula is C12H15NO2. The minimum absolute atomic E-state index is 0.645. The van der Waals surface area contributed by atoms with Crippen molar-refractivity contribution in [1.29, 1.82) is 0 Å². The summed E-state index contributed by atoms with van der Waals surface area (Å²) in [7, 11) is 3.70. The Morgan fingerprint density at radius 3 is 2.93 bits per heavy atom. The van der Waals surface area contributed by atoms with Crippen molar-refractivity contribution < 1.29 is 9.53 Å². The van der Waals surface area contributed by atoms with E-state index < -0.39 is 0 Å². The molecule has 0 fully saturated rings. The third kappa shape index (κ3) is 1.75. The second-order valence-corrected chi connectivity index (χ2v) is 3.93. The maximum absolute atomic E-state index is 10.9. The molecule has 0 saturated heterocycles. The summed E-state index contributed by atoms with van der Waals surface area (Å²) < 4.78 is 5.33. The predicted octanol–water partition coefficient (Wildman–Crippen LogP) is 1.50. The molecule has 0 unspecified atom stereocenters. The number of benzene rings is 1. The van der Waals surface area contributed by atoms with Crippen LogP contribution in [0, 0.1) is 0 Å². The first-order valence-electron chi connectivity index (χ1n) is 5.08. The van der Waals surface area contributed by atoms with Crippen molar-refractivity contribution in [3.63, 3.8) is 0 Å². The summed E-state index contributed by atoms with van der Waals surface area (Å²) in [5, 5.41) is 0. The molecule has 3 nitrogen and oxygen atoms in total. The second kappa shape index (κ2) is 4.03. The zero-order valence-corrected chi connectivity index (χ0v) is 9.12. The number of hydrogen-bond acceptors (Lipinski definition) is 3. The molecule has 0 radical (unpaired) electrons. The van der Waals surface area contributed by atoms with E-state index in [-0.39, 0.29) is 0 Å². The lowest BCUT2D eigenvalue weighted by atomic mass is 9.96. The highest BCUT2D eigenvalue weighted by Crippen LogP contribution is 2.30. The van der Waals surface area contributed by atoms with Crippen molar-refractivity contribution in [2.45, 2.75) is 13.0 Å². The monoisotopic (exact) mass is 205 g/mol. The Kier molecular flexibility index (Phi) is 2.73. The largest absolute Gasteiger partial charge is 0.496 e. The van der Waals surface area contributed by atoms with Crippen LogP contribution in [-0.2, 0) is 13.0 Å². The van der Waals surface area contributed by atoms with Crippen LogP contribution in [0.2, 0.25) is 0 Å². The summed E-state index contributed by atoms with van der Waals surface area (Å²) in [5.74, 6) is 0.744. The van der Waals surface area contributed by atoms with Crippen LogP contribution in [0.3, 0.4) is 0 Å². The first kappa shape index (κ1) is 10.2. The van der Waals surface area contributed by atoms with Gasteiger partial charge < -0.3 is 9.64 Å². The molecule has 1 aromatic rings. The summed E-state index contributed by atoms with van der Waals surface area (Å²) in [5.41, 5.74) is 3.11. The van der Waals surface area contributed by atoms with Crippen LogP contribution < -0.4 is 4.74 Å². The molecule has 1 aromatic carbocycles. The molecule has 1 aliphatic heterocycles. The quantitative estimate of drug-likeness (QED) is 0.685. The Bertz CT molecular complexity index is 387. The Morgan fingerprint density at radius 2 is 2.27 bits per heavy atom. The maximum atomic E-state index is 10.9. The molecule has 0 atom stereocenters. The summed E-state index contributed by atoms with van der Waals surface area (Å²) >= 11 is 0. The number of ether oxygens (including phenoxy) is 1. The molecule has 1 heterocycles. The van der Waals surface area contributed by atoms with Crippen LogP contribution in [0.15, 0.2) is 12.1 Å². The van der Waals surface area contributed by atoms with Crippen LogP contribution in [0.4, 0.5) is 0 Å². The van der Waals surface area contributed by atoms with Crippen molar-refractivity contribution in [3.8, 4) is 5.75 Å². The van der Waals surface area contributed by atoms with Gasteiger partial charge in [-0.3, -0.25) is 4.79 Å². The standard InChI is InChI=1S/C12H15NO2/c1-13-6-5-9-3-4-10(8-14)12(15-2)11(9)7-13/h3-4,8H,5-7H2,1-2H3. The Labute approximate surface area is 89.7 Å². The molecule has 0 spiro atoms. The average molecular weight is 205 g/mol. The topological polar surface area (TPSA) is 29.5 Å². The van der Waals surface area contributed by atoms with Gasteiger partial charge in [-0.2, -0.15) is 0 Å². The lowest BCUT2D eigenvalue weighted by Gasteiger charge is -2.26. The Hall–Kier alpha value is -1.35. The van der Waals surface area contributed by atoms with E-state index in [2.05, 4.69) is 11.9 Å². The van der Waals surface area contributed by atoms with E-state index >= 15 is 0 Å². The summed E-state index contributed by atoms with van der Waals surface area (Å²) in [4.78, 5) is 13.1. The molecule has 0 N–H and O–H groups in total. The maximum Gasteiger partial charge on any atom is 0.153 e. The van der Waals surface area contributed by atoms with Gasteiger partial charge in [0.05, 0.1) is 12.7 Å². The highest BCUT2D eigenvalue weighted by atomic mass is 16.5. The number of hydrogen-bond donors (Lipinski definition) is 0. The zero-order valence-electron chi connectivity index (χ0n) is 9.12. The number of fused-ring (bicyclic) bond motifs is 1. The highest BCUT2D eigenvalue weighted by Gasteiger charge is 2.19. The van der Waals surface area contributed by atoms with E-state index in [1.54, 1.807) is 7.11 Å². The summed E-state index contributed by atoms with van der Waals surface area (Å²) in [6, 6.07) is 3.88. The molecule has 0 amide bonds. The molecule has 3 heteroatoms. The fourth-order valence-electron chi connectivity index (χ4n) is 2.09. The third-order valence-corrected chi connectivity index (χ3v) is 2.91. The molecule has 0 aromatic heterocycles. The fraction of sp³-hybridized carbons (Fsp3) is 0.417. The van der Waals surface area contributed by atoms with Crippen molar-refractivity contribution in [3.05, 3.63) is 28.8 Å². The first-order chi connectivity index (χ1) is 7.26. The third-order valence-electron chi connectivity index (χ3n) is 2.91. The molecule has 1 aliphatic rings. The van der Waals surface area contributed by atoms with Gasteiger partial charge in [0.25, 0.3) is 0 Å². The van der Waals surface area contributed by atoms with Crippen LogP contribution in [-0.4, -0.2) is 31.9 Å². The molecule has 0 saturated carbocycles. The molecule has 2 rings (SSSR count). The highest BCUT2D eigenvalue weighted by molar-refractivity contribution is 5.80. The minimum atomic E-state index is 0.645. The second-order valence-electron chi connectivity index (χ2n) is 3.93. The van der Waals surface area contributed by atoms with Gasteiger partial charge in [-0.1, -0.05) is 6.07 Å². The van der Waals surface area contributed by atoms with Crippen LogP contribution in [0.5, 0.6) is 5.75 Å². The normalized spacial score (nSPS) is 15.9. The number of methoxy groups -OCH3 is 1. The van der Waals surface area contributed by atoms with E-state index in [1.165, 1.54) is 5.56 Å². The van der Waals surface area contributed by atoms with Gasteiger partial charge in [0, 0.05) is 18.7 Å². The van der Waals surface area contributed by atoms with E-state index in [4.69, 9.17) is 4.74 Å². The summed E-state index contributed by atoms with van der Waals surface area (Å²) in [6.45, 7) is 1.93. The van der Waals surface area contributed by atoms with E-state index in [9.17, 15) is 4.79 Å². The number of carbonyl (C=O) groups excluding carboxylic acids is 1. The van der Waals surface area contributed by atoms with Crippen LogP contribution >= 0.6 is 0 Å². The summed E-state index contributed by atoms with van der Waals surface area (Å²) in [6.07, 6.45) is 1.88. The Balaban J connectivity index is 2.52. The zero-order chi connectivity index (χ0) is 10.8. The number of aldehydes is 1. The van der Waals surface area contributed by atoms with Crippen molar-refractivity contribution >= 4 is 6.29 Å². The number of carbonyl (C=O) groups is 1. The number of nitrogens with zero attached hydrogens (tertiary/aromatic N) is 1. The van der Waals surface area contributed by atoms with Crippen LogP contribution in [0.1, 0.15) is 21.5 Å². The van der Waals surface area contributed by atoms with Gasteiger partial charge in [0.2, 0.25) is 0 Å². The molecular weight excluding hydrogens is 190 g/mol. The SMILES string of the molecule is COc1c(C=O)ccc2c1CN(C)CC2. The minimum Gasteiger partial charge on any atom is -0.496 e. The van der Waals surface area contributed by atoms with Gasteiger partial charge in [0.1, 0.15) is 5.75 Å². The van der Waals surface area contributed by atoms with Crippen molar-refractivity contribution in [1.82, 2.24) is 4.90 Å². The van der Waals surface area contributed by atoms with Gasteiger partial charge in [-0.15, -0.1) is 0 Å². The predicted molar refractivity (Wildman–Crippen MR) is 58.4 cm³/mol. The first-order valence-corrected chi connectivity index (χ1v) is 5.08. The van der Waals surface area contributed by atoms with E-state index in [0.29, 0.717) is 5.56 Å². The number of likely N-dealkylation sites (N-methyl/N-ethyl adjacent to an activating group) is 1. The number of rotatable bonds is 2. The Morgan fingerprint density at radius 1 is 1.47 bits per heavy atom. The lowest BCUT2D eigenvalue weighted by molar-refractivity contribution is 0.112. The van der Waals surface area contributed by atoms with Gasteiger partial charge in [0.15, 0.2) is 6.29 Å². The van der Waals surface area contributed by atoms with E-state index in [0.717, 1.165) is 37.1 Å². The molecule has 15 heavy (non-hydrogen) atoms. The molecule has 80 valence electrons. The smallest absolute Gasteiger partial charge is 0.153 e. The molecule has 0 aliphatic carbocycles. The van der Waals surface area contributed by atoms with Gasteiger partial charge in [-0.25, -0.2) is 0 Å². The average Bonchev–Trinajstić information content (AvgIpc) is 2.27. The van der Waals surface area contributed by atoms with Gasteiger partial charge >= 0.3 is 0 Å². The van der Waals surface area contributed by atoms with Crippen LogP contribution in [0.25, 0.3) is 0 Å². The molecule has 0 bridgehead atoms. The van der Waals surface area contributed by atoms with E-state index in [1.807, 2.05) is 12.1 Å². The van der Waals surface area contributed by atoms with Crippen molar-refractivity contribution in [2.24, 2.45) is 0 Å². The fourth-order valence-corrected chi connectivity index (χ4v) is 2.09.